The Kier molecular flexibility index (Phi) is 4.43. The summed E-state index contributed by atoms with van der Waals surface area (Å²) in [5.74, 6) is 0.357. The second-order valence-electron chi connectivity index (χ2n) is 5.75. The van der Waals surface area contributed by atoms with E-state index in [0.29, 0.717) is 18.0 Å². The lowest BCUT2D eigenvalue weighted by Crippen LogP contribution is -2.27. The smallest absolute Gasteiger partial charge is 0.251 e. The van der Waals surface area contributed by atoms with E-state index in [-0.39, 0.29) is 5.91 Å². The fourth-order valence-corrected chi connectivity index (χ4v) is 2.58. The average molecular weight is 373 g/mol. The van der Waals surface area contributed by atoms with Gasteiger partial charge in [-0.1, -0.05) is 26.0 Å². The molecule has 5 nitrogen and oxygen atoms in total. The molecule has 0 saturated carbocycles. The molecule has 3 rings (SSSR count). The predicted octanol–water partition coefficient (Wildman–Crippen LogP) is 3.54. The molecule has 0 atom stereocenters. The lowest BCUT2D eigenvalue weighted by molar-refractivity contribution is 0.0949. The predicted molar refractivity (Wildman–Crippen MR) is 93.3 cm³/mol. The summed E-state index contributed by atoms with van der Waals surface area (Å²) in [4.78, 5) is 16.4. The van der Waals surface area contributed by atoms with Gasteiger partial charge < -0.3 is 5.32 Å². The number of carbonyl (C=O) groups is 1. The number of hydrogen-bond acceptors (Lipinski definition) is 3. The number of carbonyl (C=O) groups excluding carboxylic acids is 1. The van der Waals surface area contributed by atoms with Crippen molar-refractivity contribution < 1.29 is 4.79 Å². The molecule has 6 heteroatoms. The minimum absolute atomic E-state index is 0.0644. The molecule has 0 bridgehead atoms. The topological polar surface area (TPSA) is 59.3 Å². The number of benzene rings is 1. The van der Waals surface area contributed by atoms with Gasteiger partial charge in [-0.05, 0) is 46.1 Å². The van der Waals surface area contributed by atoms with Crippen molar-refractivity contribution in [2.45, 2.75) is 13.8 Å². The summed E-state index contributed by atoms with van der Waals surface area (Å²) in [6.45, 7) is 4.80. The number of halogens is 1. The first-order chi connectivity index (χ1) is 11.0. The minimum atomic E-state index is -0.0644. The van der Waals surface area contributed by atoms with Gasteiger partial charge in [0, 0.05) is 17.7 Å². The standard InChI is InChI=1S/C17H17BrN4O/c1-11(2)9-20-17(23)13-5-3-4-12(8-13)14-6-7-16-19-10-15(18)22(16)21-14/h3-8,10-11H,9H2,1-2H3,(H,20,23). The van der Waals surface area contributed by atoms with E-state index < -0.39 is 0 Å². The van der Waals surface area contributed by atoms with Crippen LogP contribution in [0.4, 0.5) is 0 Å². The molecular weight excluding hydrogens is 356 g/mol. The molecule has 23 heavy (non-hydrogen) atoms. The number of nitrogens with zero attached hydrogens (tertiary/aromatic N) is 3. The van der Waals surface area contributed by atoms with Crippen molar-refractivity contribution in [2.75, 3.05) is 6.54 Å². The third-order valence-electron chi connectivity index (χ3n) is 3.41. The van der Waals surface area contributed by atoms with Crippen LogP contribution in [0.15, 0.2) is 47.2 Å². The maximum atomic E-state index is 12.2. The minimum Gasteiger partial charge on any atom is -0.352 e. The largest absolute Gasteiger partial charge is 0.352 e. The van der Waals surface area contributed by atoms with Crippen molar-refractivity contribution in [1.29, 1.82) is 0 Å². The maximum absolute atomic E-state index is 12.2. The van der Waals surface area contributed by atoms with Crippen LogP contribution >= 0.6 is 15.9 Å². The van der Waals surface area contributed by atoms with E-state index in [1.54, 1.807) is 10.7 Å². The Balaban J connectivity index is 1.91. The summed E-state index contributed by atoms with van der Waals surface area (Å²) in [6.07, 6.45) is 1.71. The average Bonchev–Trinajstić information content (AvgIpc) is 2.93. The van der Waals surface area contributed by atoms with Crippen LogP contribution in [0, 0.1) is 5.92 Å². The molecule has 1 amide bonds. The quantitative estimate of drug-likeness (QED) is 0.761. The van der Waals surface area contributed by atoms with E-state index in [0.717, 1.165) is 21.5 Å². The highest BCUT2D eigenvalue weighted by atomic mass is 79.9. The Bertz CT molecular complexity index is 857. The summed E-state index contributed by atoms with van der Waals surface area (Å²) in [5, 5.41) is 7.48. The molecule has 1 N–H and O–H groups in total. The lowest BCUT2D eigenvalue weighted by Gasteiger charge is -2.09. The van der Waals surface area contributed by atoms with Crippen LogP contribution in [0.5, 0.6) is 0 Å². The molecule has 0 aliphatic rings. The molecule has 0 fully saturated rings. The molecule has 1 aromatic carbocycles. The Morgan fingerprint density at radius 1 is 1.30 bits per heavy atom. The van der Waals surface area contributed by atoms with Crippen molar-refractivity contribution in [3.05, 3.63) is 52.8 Å². The molecule has 0 spiro atoms. The van der Waals surface area contributed by atoms with E-state index in [4.69, 9.17) is 0 Å². The van der Waals surface area contributed by atoms with E-state index in [1.807, 2.05) is 36.4 Å². The van der Waals surface area contributed by atoms with Crippen molar-refractivity contribution in [3.63, 3.8) is 0 Å². The Hall–Kier alpha value is -2.21. The first-order valence-electron chi connectivity index (χ1n) is 7.43. The van der Waals surface area contributed by atoms with Crippen LogP contribution in [-0.4, -0.2) is 27.0 Å². The number of nitrogens with one attached hydrogen (secondary N) is 1. The van der Waals surface area contributed by atoms with Gasteiger partial charge in [0.15, 0.2) is 5.65 Å². The monoisotopic (exact) mass is 372 g/mol. The third kappa shape index (κ3) is 3.42. The van der Waals surface area contributed by atoms with E-state index in [2.05, 4.69) is 45.2 Å². The van der Waals surface area contributed by atoms with Crippen LogP contribution in [0.25, 0.3) is 16.9 Å². The van der Waals surface area contributed by atoms with Gasteiger partial charge in [-0.15, -0.1) is 0 Å². The van der Waals surface area contributed by atoms with Crippen LogP contribution in [-0.2, 0) is 0 Å². The van der Waals surface area contributed by atoms with Gasteiger partial charge in [0.05, 0.1) is 11.9 Å². The van der Waals surface area contributed by atoms with Crippen LogP contribution in [0.1, 0.15) is 24.2 Å². The van der Waals surface area contributed by atoms with Crippen molar-refractivity contribution >= 4 is 27.5 Å². The summed E-state index contributed by atoms with van der Waals surface area (Å²) in [5.41, 5.74) is 3.08. The van der Waals surface area contributed by atoms with Gasteiger partial charge in [-0.3, -0.25) is 4.79 Å². The zero-order chi connectivity index (χ0) is 16.4. The van der Waals surface area contributed by atoms with Gasteiger partial charge in [0.1, 0.15) is 4.60 Å². The first kappa shape index (κ1) is 15.7. The molecule has 2 heterocycles. The highest BCUT2D eigenvalue weighted by molar-refractivity contribution is 9.10. The van der Waals surface area contributed by atoms with Crippen molar-refractivity contribution in [2.24, 2.45) is 5.92 Å². The molecule has 0 aliphatic carbocycles. The van der Waals surface area contributed by atoms with Crippen LogP contribution < -0.4 is 5.32 Å². The molecular formula is C17H17BrN4O. The SMILES string of the molecule is CC(C)CNC(=O)c1cccc(-c2ccc3ncc(Br)n3n2)c1. The van der Waals surface area contributed by atoms with Crippen molar-refractivity contribution in [3.8, 4) is 11.3 Å². The first-order valence-corrected chi connectivity index (χ1v) is 8.23. The molecule has 3 aromatic rings. The second-order valence-corrected chi connectivity index (χ2v) is 6.57. The van der Waals surface area contributed by atoms with Gasteiger partial charge >= 0.3 is 0 Å². The highest BCUT2D eigenvalue weighted by Crippen LogP contribution is 2.20. The fraction of sp³-hybridized carbons (Fsp3) is 0.235. The van der Waals surface area contributed by atoms with Gasteiger partial charge in [0.2, 0.25) is 0 Å². The summed E-state index contributed by atoms with van der Waals surface area (Å²) < 4.78 is 2.51. The molecule has 2 aromatic heterocycles. The zero-order valence-corrected chi connectivity index (χ0v) is 14.5. The molecule has 0 unspecified atom stereocenters. The molecule has 0 saturated heterocycles. The molecule has 0 radical (unpaired) electrons. The number of hydrogen-bond donors (Lipinski definition) is 1. The number of aromatic nitrogens is 3. The fourth-order valence-electron chi connectivity index (χ4n) is 2.22. The number of amides is 1. The van der Waals surface area contributed by atoms with E-state index >= 15 is 0 Å². The molecule has 0 aliphatic heterocycles. The third-order valence-corrected chi connectivity index (χ3v) is 3.95. The Labute approximate surface area is 142 Å². The van der Waals surface area contributed by atoms with Gasteiger partial charge in [0.25, 0.3) is 5.91 Å². The normalized spacial score (nSPS) is 11.1. The van der Waals surface area contributed by atoms with E-state index in [9.17, 15) is 4.79 Å². The van der Waals surface area contributed by atoms with Gasteiger partial charge in [-0.25, -0.2) is 9.50 Å². The summed E-state index contributed by atoms with van der Waals surface area (Å²) >= 11 is 3.42. The highest BCUT2D eigenvalue weighted by Gasteiger charge is 2.09. The number of fused-ring (bicyclic) bond motifs is 1. The summed E-state index contributed by atoms with van der Waals surface area (Å²) in [7, 11) is 0. The Morgan fingerprint density at radius 2 is 2.13 bits per heavy atom. The second kappa shape index (κ2) is 6.50. The van der Waals surface area contributed by atoms with Gasteiger partial charge in [-0.2, -0.15) is 5.10 Å². The van der Waals surface area contributed by atoms with E-state index in [1.165, 1.54) is 0 Å². The lowest BCUT2D eigenvalue weighted by atomic mass is 10.1. The zero-order valence-electron chi connectivity index (χ0n) is 13.0. The summed E-state index contributed by atoms with van der Waals surface area (Å²) in [6, 6.07) is 11.3. The molecule has 118 valence electrons. The van der Waals surface area contributed by atoms with Crippen molar-refractivity contribution in [1.82, 2.24) is 19.9 Å². The van der Waals surface area contributed by atoms with Crippen LogP contribution in [0.2, 0.25) is 0 Å². The number of rotatable bonds is 4. The Morgan fingerprint density at radius 3 is 2.91 bits per heavy atom. The maximum Gasteiger partial charge on any atom is 0.251 e. The van der Waals surface area contributed by atoms with Crippen LogP contribution in [0.3, 0.4) is 0 Å². The number of imidazole rings is 1.